The van der Waals surface area contributed by atoms with Crippen molar-refractivity contribution in [3.05, 3.63) is 40.3 Å². The maximum Gasteiger partial charge on any atom is 0.153 e. The quantitative estimate of drug-likeness (QED) is 0.288. The second-order valence-electron chi connectivity index (χ2n) is 1.78. The second-order valence-corrected chi connectivity index (χ2v) is 1.78. The highest BCUT2D eigenvalue weighted by Crippen LogP contribution is 2.11. The molecule has 0 unspecified atom stereocenters. The summed E-state index contributed by atoms with van der Waals surface area (Å²) in [5.74, 6) is 0.0347. The SMILES string of the molecule is O=Cc1ccccc1O.[N-]=[N+]=N. The molecule has 0 aliphatic heterocycles. The van der Waals surface area contributed by atoms with Crippen LogP contribution >= 0.6 is 0 Å². The van der Waals surface area contributed by atoms with Crippen molar-refractivity contribution >= 4 is 6.29 Å². The molecule has 0 aliphatic rings. The van der Waals surface area contributed by atoms with Crippen molar-refractivity contribution in [3.8, 4) is 5.75 Å². The van der Waals surface area contributed by atoms with Crippen LogP contribution in [-0.2, 0) is 0 Å². The van der Waals surface area contributed by atoms with Crippen LogP contribution in [0.1, 0.15) is 10.4 Å². The van der Waals surface area contributed by atoms with Gasteiger partial charge in [0.05, 0.1) is 5.56 Å². The van der Waals surface area contributed by atoms with Crippen molar-refractivity contribution < 1.29 is 9.90 Å². The summed E-state index contributed by atoms with van der Waals surface area (Å²) in [7, 11) is 0. The molecule has 0 fully saturated rings. The Bertz CT molecular complexity index is 292. The van der Waals surface area contributed by atoms with Gasteiger partial charge < -0.3 is 5.11 Å². The van der Waals surface area contributed by atoms with Crippen molar-refractivity contribution in [1.82, 2.24) is 0 Å². The van der Waals surface area contributed by atoms with Crippen molar-refractivity contribution in [1.29, 1.82) is 5.53 Å². The minimum absolute atomic E-state index is 0.0347. The van der Waals surface area contributed by atoms with Gasteiger partial charge in [-0.2, -0.15) is 0 Å². The molecule has 1 aromatic carbocycles. The predicted octanol–water partition coefficient (Wildman–Crippen LogP) is 2.08. The lowest BCUT2D eigenvalue weighted by Gasteiger charge is -1.91. The molecule has 0 spiro atoms. The van der Waals surface area contributed by atoms with Crippen LogP contribution in [0.2, 0.25) is 0 Å². The highest BCUT2D eigenvalue weighted by atomic mass is 16.3. The number of phenols is 1. The summed E-state index contributed by atoms with van der Waals surface area (Å²) in [5.41, 5.74) is 12.6. The highest BCUT2D eigenvalue weighted by molar-refractivity contribution is 5.78. The molecule has 0 radical (unpaired) electrons. The van der Waals surface area contributed by atoms with Gasteiger partial charge in [0.15, 0.2) is 6.29 Å². The summed E-state index contributed by atoms with van der Waals surface area (Å²) in [4.78, 5) is 11.8. The lowest BCUT2D eigenvalue weighted by Crippen LogP contribution is -1.77. The van der Waals surface area contributed by atoms with Crippen LogP contribution in [0, 0.1) is 5.53 Å². The number of carbonyl (C=O) groups excluding carboxylic acids is 1. The molecule has 0 bridgehead atoms. The normalized spacial score (nSPS) is 7.33. The Morgan fingerprint density at radius 1 is 1.50 bits per heavy atom. The van der Waals surface area contributed by atoms with Gasteiger partial charge in [-0.3, -0.25) is 4.79 Å². The van der Waals surface area contributed by atoms with E-state index in [1.165, 1.54) is 6.07 Å². The number of aromatic hydroxyl groups is 1. The molecule has 62 valence electrons. The van der Waals surface area contributed by atoms with E-state index in [2.05, 4.69) is 0 Å². The van der Waals surface area contributed by atoms with Gasteiger partial charge in [0.2, 0.25) is 0 Å². The van der Waals surface area contributed by atoms with E-state index in [1.807, 2.05) is 0 Å². The topological polar surface area (TPSA) is 97.5 Å². The van der Waals surface area contributed by atoms with Crippen LogP contribution in [0.25, 0.3) is 10.4 Å². The van der Waals surface area contributed by atoms with Crippen LogP contribution in [0.5, 0.6) is 5.75 Å². The monoisotopic (exact) mass is 165 g/mol. The Hall–Kier alpha value is -2.00. The van der Waals surface area contributed by atoms with Crippen LogP contribution in [0.3, 0.4) is 0 Å². The number of hydrogen-bond acceptors (Lipinski definition) is 3. The van der Waals surface area contributed by atoms with Gasteiger partial charge in [-0.1, -0.05) is 12.1 Å². The number of carbonyl (C=O) groups is 1. The minimum Gasteiger partial charge on any atom is -0.507 e. The second kappa shape index (κ2) is 5.76. The summed E-state index contributed by atoms with van der Waals surface area (Å²) in [5, 5.41) is 8.88. The summed E-state index contributed by atoms with van der Waals surface area (Å²) in [6.07, 6.45) is 0.620. The maximum atomic E-state index is 10.1. The first-order valence-corrected chi connectivity index (χ1v) is 3.00. The Kier molecular flexibility index (Phi) is 4.80. The van der Waals surface area contributed by atoms with Crippen LogP contribution in [0.4, 0.5) is 0 Å². The molecule has 0 atom stereocenters. The molecule has 0 aromatic heterocycles. The first-order valence-electron chi connectivity index (χ1n) is 3.00. The first-order chi connectivity index (χ1) is 5.76. The molecule has 1 rings (SSSR count). The van der Waals surface area contributed by atoms with Crippen LogP contribution in [0.15, 0.2) is 24.3 Å². The Labute approximate surface area is 68.7 Å². The summed E-state index contributed by atoms with van der Waals surface area (Å²) >= 11 is 0. The van der Waals surface area contributed by atoms with E-state index in [9.17, 15) is 4.79 Å². The first kappa shape index (κ1) is 10.0. The molecule has 0 aliphatic carbocycles. The summed E-state index contributed by atoms with van der Waals surface area (Å²) in [6.45, 7) is 0. The van der Waals surface area contributed by atoms with Gasteiger partial charge in [0.1, 0.15) is 5.75 Å². The molecule has 2 N–H and O–H groups in total. The van der Waals surface area contributed by atoms with Crippen molar-refractivity contribution in [2.75, 3.05) is 0 Å². The predicted molar refractivity (Wildman–Crippen MR) is 42.9 cm³/mol. The standard InChI is InChI=1S/C7H6O2.HN3/c8-5-6-3-1-2-4-7(6)9;1-3-2/h1-5,9H;1H. The van der Waals surface area contributed by atoms with E-state index in [1.54, 1.807) is 23.1 Å². The van der Waals surface area contributed by atoms with Gasteiger partial charge in [-0.15, -0.1) is 5.53 Å². The smallest absolute Gasteiger partial charge is 0.153 e. The third-order valence-electron chi connectivity index (χ3n) is 1.06. The Balaban J connectivity index is 0.000000354. The number of nitrogens with zero attached hydrogens (tertiary/aromatic N) is 2. The third-order valence-corrected chi connectivity index (χ3v) is 1.06. The molecule has 1 aromatic rings. The van der Waals surface area contributed by atoms with Crippen molar-refractivity contribution in [2.24, 2.45) is 0 Å². The number of aldehydes is 1. The largest absolute Gasteiger partial charge is 0.507 e. The van der Waals surface area contributed by atoms with Gasteiger partial charge >= 0.3 is 0 Å². The molecular formula is C7H7N3O2. The number of benzene rings is 1. The highest BCUT2D eigenvalue weighted by Gasteiger charge is 1.93. The molecule has 0 saturated carbocycles. The maximum absolute atomic E-state index is 10.1. The average Bonchev–Trinajstić information content (AvgIpc) is 2.07. The minimum atomic E-state index is 0.0347. The van der Waals surface area contributed by atoms with Crippen molar-refractivity contribution in [3.63, 3.8) is 0 Å². The number of nitrogens with one attached hydrogen (secondary N) is 1. The van der Waals surface area contributed by atoms with E-state index < -0.39 is 0 Å². The third kappa shape index (κ3) is 3.24. The molecule has 0 heterocycles. The number of rotatable bonds is 1. The van der Waals surface area contributed by atoms with E-state index in [-0.39, 0.29) is 5.75 Å². The average molecular weight is 165 g/mol. The van der Waals surface area contributed by atoms with E-state index in [0.717, 1.165) is 0 Å². The zero-order valence-corrected chi connectivity index (χ0v) is 6.14. The van der Waals surface area contributed by atoms with E-state index in [0.29, 0.717) is 11.8 Å². The van der Waals surface area contributed by atoms with Gasteiger partial charge in [0.25, 0.3) is 0 Å². The Morgan fingerprint density at radius 3 is 2.33 bits per heavy atom. The zero-order chi connectivity index (χ0) is 9.40. The van der Waals surface area contributed by atoms with Gasteiger partial charge in [0, 0.05) is 0 Å². The molecule has 0 saturated heterocycles. The van der Waals surface area contributed by atoms with Crippen molar-refractivity contribution in [2.45, 2.75) is 0 Å². The number of para-hydroxylation sites is 1. The Morgan fingerprint density at radius 2 is 2.00 bits per heavy atom. The number of phenolic OH excluding ortho intramolecular Hbond substituents is 1. The fourth-order valence-corrected chi connectivity index (χ4v) is 0.587. The molecule has 5 nitrogen and oxygen atoms in total. The lowest BCUT2D eigenvalue weighted by molar-refractivity contribution is 0.112. The summed E-state index contributed by atoms with van der Waals surface area (Å²) in [6, 6.07) is 6.40. The fraction of sp³-hybridized carbons (Fsp3) is 0. The molecule has 12 heavy (non-hydrogen) atoms. The van der Waals surface area contributed by atoms with E-state index >= 15 is 0 Å². The fourth-order valence-electron chi connectivity index (χ4n) is 0.587. The zero-order valence-electron chi connectivity index (χ0n) is 6.14. The van der Waals surface area contributed by atoms with Crippen LogP contribution < -0.4 is 0 Å². The lowest BCUT2D eigenvalue weighted by atomic mass is 10.2. The van der Waals surface area contributed by atoms with Crippen LogP contribution in [-0.4, -0.2) is 11.4 Å². The molecular weight excluding hydrogens is 158 g/mol. The van der Waals surface area contributed by atoms with E-state index in [4.69, 9.17) is 16.2 Å². The molecule has 0 amide bonds. The van der Waals surface area contributed by atoms with Gasteiger partial charge in [-0.05, 0) is 22.6 Å². The molecule has 5 heteroatoms. The van der Waals surface area contributed by atoms with Gasteiger partial charge in [-0.25, -0.2) is 0 Å². The summed E-state index contributed by atoms with van der Waals surface area (Å²) < 4.78 is 0. The number of hydrogen-bond donors (Lipinski definition) is 2.